The first kappa shape index (κ1) is 14.6. The zero-order chi connectivity index (χ0) is 15.9. The van der Waals surface area contributed by atoms with Gasteiger partial charge in [0.2, 0.25) is 0 Å². The molecule has 1 aromatic carbocycles. The van der Waals surface area contributed by atoms with Gasteiger partial charge in [-0.3, -0.25) is 4.98 Å². The van der Waals surface area contributed by atoms with Crippen molar-refractivity contribution in [3.63, 3.8) is 0 Å². The van der Waals surface area contributed by atoms with E-state index in [0.717, 1.165) is 17.9 Å². The summed E-state index contributed by atoms with van der Waals surface area (Å²) in [5.74, 6) is 0. The van der Waals surface area contributed by atoms with Crippen LogP contribution < -0.4 is 0 Å². The largest absolute Gasteiger partial charge is 0.336 e. The highest BCUT2D eigenvalue weighted by atomic mass is 15.0. The summed E-state index contributed by atoms with van der Waals surface area (Å²) >= 11 is 0. The summed E-state index contributed by atoms with van der Waals surface area (Å²) in [6.45, 7) is 13.4. The van der Waals surface area contributed by atoms with Gasteiger partial charge in [0.05, 0.1) is 5.52 Å². The molecule has 112 valence electrons. The van der Waals surface area contributed by atoms with Crippen LogP contribution in [-0.4, -0.2) is 9.55 Å². The molecular weight excluding hydrogens is 268 g/mol. The number of aromatic nitrogens is 2. The van der Waals surface area contributed by atoms with Crippen LogP contribution in [-0.2, 0) is 6.54 Å². The lowest BCUT2D eigenvalue weighted by atomic mass is 9.99. The second kappa shape index (κ2) is 5.45. The van der Waals surface area contributed by atoms with Crippen molar-refractivity contribution in [3.8, 4) is 0 Å². The van der Waals surface area contributed by atoms with Gasteiger partial charge in [0, 0.05) is 29.5 Å². The predicted octanol–water partition coefficient (Wildman–Crippen LogP) is 4.96. The van der Waals surface area contributed by atoms with E-state index in [-0.39, 0.29) is 0 Å². The summed E-state index contributed by atoms with van der Waals surface area (Å²) in [6, 6.07) is 8.79. The van der Waals surface area contributed by atoms with Gasteiger partial charge in [0.25, 0.3) is 0 Å². The third-order valence-electron chi connectivity index (χ3n) is 4.43. The molecule has 3 rings (SSSR count). The van der Waals surface area contributed by atoms with Crippen molar-refractivity contribution < 1.29 is 0 Å². The molecule has 0 saturated heterocycles. The van der Waals surface area contributed by atoms with Gasteiger partial charge in [0.15, 0.2) is 0 Å². The minimum absolute atomic E-state index is 0.867. The lowest BCUT2D eigenvalue weighted by Gasteiger charge is -2.15. The van der Waals surface area contributed by atoms with E-state index in [4.69, 9.17) is 0 Å². The Hall–Kier alpha value is -2.35. The fourth-order valence-corrected chi connectivity index (χ4v) is 3.31. The van der Waals surface area contributed by atoms with Gasteiger partial charge < -0.3 is 4.57 Å². The number of rotatable bonds is 3. The molecule has 0 aliphatic rings. The molecule has 0 unspecified atom stereocenters. The Morgan fingerprint density at radius 2 is 1.77 bits per heavy atom. The first-order valence-electron chi connectivity index (χ1n) is 7.65. The van der Waals surface area contributed by atoms with Crippen LogP contribution in [0.25, 0.3) is 17.0 Å². The van der Waals surface area contributed by atoms with Gasteiger partial charge in [-0.15, -0.1) is 0 Å². The van der Waals surface area contributed by atoms with Crippen molar-refractivity contribution in [1.82, 2.24) is 9.55 Å². The molecule has 0 fully saturated rings. The molecule has 0 bridgehead atoms. The fourth-order valence-electron chi connectivity index (χ4n) is 3.31. The van der Waals surface area contributed by atoms with Crippen molar-refractivity contribution in [2.24, 2.45) is 0 Å². The Morgan fingerprint density at radius 3 is 2.41 bits per heavy atom. The Labute approximate surface area is 132 Å². The smallest absolute Gasteiger partial charge is 0.0522 e. The maximum atomic E-state index is 4.40. The topological polar surface area (TPSA) is 17.8 Å². The number of pyridine rings is 1. The van der Waals surface area contributed by atoms with Crippen molar-refractivity contribution >= 4 is 17.0 Å². The second-order valence-corrected chi connectivity index (χ2v) is 6.07. The van der Waals surface area contributed by atoms with E-state index >= 15 is 0 Å². The quantitative estimate of drug-likeness (QED) is 0.666. The standard InChI is InChI=1S/C20H22N2/c1-6-17-11-18-16(5)21-8-7-20(18)22(17)12-19-14(3)9-13(2)10-15(19)4/h6-11H,1,12H2,2-5H3. The van der Waals surface area contributed by atoms with Crippen LogP contribution in [0.1, 0.15) is 33.6 Å². The van der Waals surface area contributed by atoms with Crippen LogP contribution in [0.5, 0.6) is 0 Å². The Kier molecular flexibility index (Phi) is 3.61. The fraction of sp³-hybridized carbons (Fsp3) is 0.250. The van der Waals surface area contributed by atoms with Crippen molar-refractivity contribution in [3.05, 3.63) is 70.7 Å². The van der Waals surface area contributed by atoms with Gasteiger partial charge in [-0.05, 0) is 62.6 Å². The third-order valence-corrected chi connectivity index (χ3v) is 4.43. The van der Waals surface area contributed by atoms with E-state index in [1.165, 1.54) is 33.2 Å². The average molecular weight is 290 g/mol. The Balaban J connectivity index is 2.19. The van der Waals surface area contributed by atoms with Crippen LogP contribution >= 0.6 is 0 Å². The monoisotopic (exact) mass is 290 g/mol. The van der Waals surface area contributed by atoms with Gasteiger partial charge in [0.1, 0.15) is 0 Å². The van der Waals surface area contributed by atoms with E-state index in [9.17, 15) is 0 Å². The minimum atomic E-state index is 0.867. The number of benzene rings is 1. The highest BCUT2D eigenvalue weighted by molar-refractivity contribution is 5.85. The van der Waals surface area contributed by atoms with Gasteiger partial charge in [-0.1, -0.05) is 24.3 Å². The first-order chi connectivity index (χ1) is 10.5. The Morgan fingerprint density at radius 1 is 1.09 bits per heavy atom. The van der Waals surface area contributed by atoms with Crippen molar-refractivity contribution in [2.75, 3.05) is 0 Å². The summed E-state index contributed by atoms with van der Waals surface area (Å²) in [4.78, 5) is 4.40. The number of nitrogens with zero attached hydrogens (tertiary/aromatic N) is 2. The number of hydrogen-bond donors (Lipinski definition) is 0. The highest BCUT2D eigenvalue weighted by Gasteiger charge is 2.12. The Bertz CT molecular complexity index is 846. The number of aryl methyl sites for hydroxylation is 4. The van der Waals surface area contributed by atoms with E-state index in [0.29, 0.717) is 0 Å². The lowest BCUT2D eigenvalue weighted by Crippen LogP contribution is -2.05. The lowest BCUT2D eigenvalue weighted by molar-refractivity contribution is 0.814. The summed E-state index contributed by atoms with van der Waals surface area (Å²) in [7, 11) is 0. The van der Waals surface area contributed by atoms with Gasteiger partial charge >= 0.3 is 0 Å². The summed E-state index contributed by atoms with van der Waals surface area (Å²) in [5.41, 5.74) is 8.84. The zero-order valence-electron chi connectivity index (χ0n) is 13.8. The van der Waals surface area contributed by atoms with Gasteiger partial charge in [-0.25, -0.2) is 0 Å². The van der Waals surface area contributed by atoms with E-state index in [1.807, 2.05) is 12.3 Å². The number of hydrogen-bond acceptors (Lipinski definition) is 1. The van der Waals surface area contributed by atoms with E-state index < -0.39 is 0 Å². The SMILES string of the molecule is C=Cc1cc2c(C)nccc2n1Cc1c(C)cc(C)cc1C. The summed E-state index contributed by atoms with van der Waals surface area (Å²) in [5, 5.41) is 1.21. The molecule has 0 N–H and O–H groups in total. The third kappa shape index (κ3) is 2.35. The van der Waals surface area contributed by atoms with Crippen LogP contribution in [0.3, 0.4) is 0 Å². The molecule has 0 radical (unpaired) electrons. The maximum absolute atomic E-state index is 4.40. The molecule has 3 aromatic rings. The summed E-state index contributed by atoms with van der Waals surface area (Å²) in [6.07, 6.45) is 3.81. The average Bonchev–Trinajstić information content (AvgIpc) is 2.82. The number of fused-ring (bicyclic) bond motifs is 1. The molecule has 0 amide bonds. The van der Waals surface area contributed by atoms with Crippen LogP contribution in [0.2, 0.25) is 0 Å². The molecule has 2 nitrogen and oxygen atoms in total. The second-order valence-electron chi connectivity index (χ2n) is 6.07. The molecule has 22 heavy (non-hydrogen) atoms. The van der Waals surface area contributed by atoms with Crippen molar-refractivity contribution in [1.29, 1.82) is 0 Å². The van der Waals surface area contributed by atoms with Crippen molar-refractivity contribution in [2.45, 2.75) is 34.2 Å². The maximum Gasteiger partial charge on any atom is 0.0522 e. The molecule has 0 aliphatic heterocycles. The molecule has 2 heterocycles. The van der Waals surface area contributed by atoms with E-state index in [1.54, 1.807) is 0 Å². The first-order valence-corrected chi connectivity index (χ1v) is 7.65. The molecule has 0 saturated carbocycles. The zero-order valence-corrected chi connectivity index (χ0v) is 13.8. The van der Waals surface area contributed by atoms with Gasteiger partial charge in [-0.2, -0.15) is 0 Å². The minimum Gasteiger partial charge on any atom is -0.336 e. The molecular formula is C20H22N2. The molecule has 0 atom stereocenters. The van der Waals surface area contributed by atoms with Crippen LogP contribution in [0.4, 0.5) is 0 Å². The van der Waals surface area contributed by atoms with E-state index in [2.05, 4.69) is 68.1 Å². The molecule has 0 spiro atoms. The normalized spacial score (nSPS) is 11.1. The summed E-state index contributed by atoms with van der Waals surface area (Å²) < 4.78 is 2.34. The predicted molar refractivity (Wildman–Crippen MR) is 94.3 cm³/mol. The van der Waals surface area contributed by atoms with Crippen LogP contribution in [0.15, 0.2) is 37.0 Å². The molecule has 0 aliphatic carbocycles. The molecule has 2 heteroatoms. The highest BCUT2D eigenvalue weighted by Crippen LogP contribution is 2.26. The molecule has 2 aromatic heterocycles. The van der Waals surface area contributed by atoms with Crippen LogP contribution in [0, 0.1) is 27.7 Å².